The molecule has 4 heteroatoms. The molecule has 0 spiro atoms. The number of nitrogens with zero attached hydrogens (tertiary/aromatic N) is 1. The highest BCUT2D eigenvalue weighted by Crippen LogP contribution is 2.13. The molecule has 0 aromatic carbocycles. The summed E-state index contributed by atoms with van der Waals surface area (Å²) in [4.78, 5) is 24.6. The lowest BCUT2D eigenvalue weighted by Crippen LogP contribution is -2.40. The van der Waals surface area contributed by atoms with Gasteiger partial charge in [0.1, 0.15) is 0 Å². The van der Waals surface area contributed by atoms with Crippen molar-refractivity contribution in [1.29, 1.82) is 0 Å². The first-order chi connectivity index (χ1) is 7.06. The molecule has 0 radical (unpaired) electrons. The highest BCUT2D eigenvalue weighted by atomic mass is 16.2. The van der Waals surface area contributed by atoms with Gasteiger partial charge in [0, 0.05) is 6.54 Å². The first kappa shape index (κ1) is 12.2. The minimum Gasteiger partial charge on any atom is -0.305 e. The Bertz CT molecular complexity index is 251. The Morgan fingerprint density at radius 1 is 1.47 bits per heavy atom. The summed E-state index contributed by atoms with van der Waals surface area (Å²) in [7, 11) is 0. The molecule has 1 rings (SSSR count). The van der Waals surface area contributed by atoms with Gasteiger partial charge in [-0.3, -0.25) is 14.5 Å². The van der Waals surface area contributed by atoms with E-state index < -0.39 is 0 Å². The molecule has 0 aromatic rings. The Morgan fingerprint density at radius 2 is 2.13 bits per heavy atom. The molecule has 1 aliphatic heterocycles. The number of rotatable bonds is 5. The summed E-state index contributed by atoms with van der Waals surface area (Å²) >= 11 is 0. The van der Waals surface area contributed by atoms with Gasteiger partial charge in [-0.2, -0.15) is 0 Å². The summed E-state index contributed by atoms with van der Waals surface area (Å²) in [6, 6.07) is -0.286. The van der Waals surface area contributed by atoms with E-state index in [4.69, 9.17) is 0 Å². The fourth-order valence-corrected chi connectivity index (χ4v) is 1.68. The number of carbonyl (C=O) groups excluding carboxylic acids is 2. The van der Waals surface area contributed by atoms with Crippen LogP contribution in [0.2, 0.25) is 0 Å². The molecule has 2 amide bonds. The van der Waals surface area contributed by atoms with E-state index in [2.05, 4.69) is 19.2 Å². The summed E-state index contributed by atoms with van der Waals surface area (Å²) in [5.74, 6) is 0.402. The summed E-state index contributed by atoms with van der Waals surface area (Å²) < 4.78 is 0. The lowest BCUT2D eigenvalue weighted by molar-refractivity contribution is -0.138. The number of imide groups is 1. The van der Waals surface area contributed by atoms with Gasteiger partial charge in [0.2, 0.25) is 11.8 Å². The van der Waals surface area contributed by atoms with Crippen molar-refractivity contribution in [2.75, 3.05) is 13.1 Å². The van der Waals surface area contributed by atoms with Gasteiger partial charge in [0.15, 0.2) is 0 Å². The predicted octanol–water partition coefficient (Wildman–Crippen LogP) is 0.769. The molecule has 1 heterocycles. The Hall–Kier alpha value is -0.900. The summed E-state index contributed by atoms with van der Waals surface area (Å²) in [5, 5.41) is 3.14. The van der Waals surface area contributed by atoms with Gasteiger partial charge in [0.05, 0.1) is 12.5 Å². The zero-order chi connectivity index (χ0) is 11.4. The molecule has 0 bridgehead atoms. The van der Waals surface area contributed by atoms with Crippen LogP contribution in [0.25, 0.3) is 0 Å². The van der Waals surface area contributed by atoms with Gasteiger partial charge in [-0.1, -0.05) is 20.8 Å². The van der Waals surface area contributed by atoms with E-state index in [-0.39, 0.29) is 17.9 Å². The zero-order valence-corrected chi connectivity index (χ0v) is 9.75. The van der Waals surface area contributed by atoms with E-state index >= 15 is 0 Å². The lowest BCUT2D eigenvalue weighted by atomic mass is 10.2. The van der Waals surface area contributed by atoms with Crippen molar-refractivity contribution >= 4 is 11.8 Å². The average molecular weight is 212 g/mol. The van der Waals surface area contributed by atoms with Crippen molar-refractivity contribution in [3.8, 4) is 0 Å². The molecular formula is C11H20N2O2. The highest BCUT2D eigenvalue weighted by molar-refractivity contribution is 6.05. The highest BCUT2D eigenvalue weighted by Gasteiger charge is 2.37. The van der Waals surface area contributed by atoms with Crippen molar-refractivity contribution in [2.45, 2.75) is 39.7 Å². The SMILES string of the molecule is CCCN1C(=O)CC(NCC(C)C)C1=O. The molecule has 1 aliphatic rings. The molecule has 1 saturated heterocycles. The van der Waals surface area contributed by atoms with Crippen LogP contribution in [0.5, 0.6) is 0 Å². The largest absolute Gasteiger partial charge is 0.305 e. The third-order valence-electron chi connectivity index (χ3n) is 2.46. The van der Waals surface area contributed by atoms with Crippen LogP contribution >= 0.6 is 0 Å². The van der Waals surface area contributed by atoms with E-state index in [1.165, 1.54) is 4.90 Å². The fourth-order valence-electron chi connectivity index (χ4n) is 1.68. The number of nitrogens with one attached hydrogen (secondary N) is 1. The molecule has 1 fully saturated rings. The van der Waals surface area contributed by atoms with Crippen LogP contribution in [0, 0.1) is 5.92 Å². The van der Waals surface area contributed by atoms with E-state index in [1.807, 2.05) is 6.92 Å². The van der Waals surface area contributed by atoms with Crippen molar-refractivity contribution in [3.63, 3.8) is 0 Å². The minimum absolute atomic E-state index is 0.0388. The molecule has 1 N–H and O–H groups in total. The molecular weight excluding hydrogens is 192 g/mol. The molecule has 15 heavy (non-hydrogen) atoms. The lowest BCUT2D eigenvalue weighted by Gasteiger charge is -2.15. The molecule has 86 valence electrons. The Kier molecular flexibility index (Phi) is 4.27. The van der Waals surface area contributed by atoms with E-state index in [0.29, 0.717) is 18.9 Å². The van der Waals surface area contributed by atoms with E-state index in [0.717, 1.165) is 13.0 Å². The van der Waals surface area contributed by atoms with Gasteiger partial charge in [-0.05, 0) is 18.9 Å². The number of carbonyl (C=O) groups is 2. The number of hydrogen-bond donors (Lipinski definition) is 1. The second kappa shape index (κ2) is 5.26. The van der Waals surface area contributed by atoms with Crippen molar-refractivity contribution in [2.24, 2.45) is 5.92 Å². The molecule has 4 nitrogen and oxygen atoms in total. The maximum Gasteiger partial charge on any atom is 0.246 e. The number of amides is 2. The van der Waals surface area contributed by atoms with Crippen LogP contribution in [0.3, 0.4) is 0 Å². The van der Waals surface area contributed by atoms with Gasteiger partial charge < -0.3 is 5.32 Å². The van der Waals surface area contributed by atoms with Gasteiger partial charge in [-0.25, -0.2) is 0 Å². The second-order valence-corrected chi connectivity index (χ2v) is 4.44. The number of hydrogen-bond acceptors (Lipinski definition) is 3. The monoisotopic (exact) mass is 212 g/mol. The standard InChI is InChI=1S/C11H20N2O2/c1-4-5-13-10(14)6-9(11(13)15)12-7-8(2)3/h8-9,12H,4-7H2,1-3H3. The van der Waals surface area contributed by atoms with Crippen LogP contribution in [0.4, 0.5) is 0 Å². The van der Waals surface area contributed by atoms with E-state index in [9.17, 15) is 9.59 Å². The topological polar surface area (TPSA) is 49.4 Å². The van der Waals surface area contributed by atoms with Crippen LogP contribution in [-0.4, -0.2) is 35.8 Å². The maximum atomic E-state index is 11.8. The first-order valence-electron chi connectivity index (χ1n) is 5.63. The second-order valence-electron chi connectivity index (χ2n) is 4.44. The zero-order valence-electron chi connectivity index (χ0n) is 9.75. The average Bonchev–Trinajstić information content (AvgIpc) is 2.43. The quantitative estimate of drug-likeness (QED) is 0.685. The number of likely N-dealkylation sites (tertiary alicyclic amines) is 1. The molecule has 1 atom stereocenters. The van der Waals surface area contributed by atoms with Crippen molar-refractivity contribution < 1.29 is 9.59 Å². The Morgan fingerprint density at radius 3 is 2.67 bits per heavy atom. The van der Waals surface area contributed by atoms with Crippen molar-refractivity contribution in [3.05, 3.63) is 0 Å². The summed E-state index contributed by atoms with van der Waals surface area (Å²) in [6.07, 6.45) is 1.15. The summed E-state index contributed by atoms with van der Waals surface area (Å²) in [5.41, 5.74) is 0. The first-order valence-corrected chi connectivity index (χ1v) is 5.63. The van der Waals surface area contributed by atoms with Gasteiger partial charge in [-0.15, -0.1) is 0 Å². The van der Waals surface area contributed by atoms with Gasteiger partial charge in [0.25, 0.3) is 0 Å². The normalized spacial score (nSPS) is 21.9. The Balaban J connectivity index is 2.49. The van der Waals surface area contributed by atoms with Crippen LogP contribution in [-0.2, 0) is 9.59 Å². The van der Waals surface area contributed by atoms with Crippen LogP contribution < -0.4 is 5.32 Å². The predicted molar refractivity (Wildman–Crippen MR) is 58.3 cm³/mol. The van der Waals surface area contributed by atoms with E-state index in [1.54, 1.807) is 0 Å². The molecule has 1 unspecified atom stereocenters. The third-order valence-corrected chi connectivity index (χ3v) is 2.46. The third kappa shape index (κ3) is 3.02. The van der Waals surface area contributed by atoms with Crippen LogP contribution in [0.15, 0.2) is 0 Å². The fraction of sp³-hybridized carbons (Fsp3) is 0.818. The van der Waals surface area contributed by atoms with Gasteiger partial charge >= 0.3 is 0 Å². The minimum atomic E-state index is -0.286. The van der Waals surface area contributed by atoms with Crippen molar-refractivity contribution in [1.82, 2.24) is 10.2 Å². The maximum absolute atomic E-state index is 11.8. The molecule has 0 saturated carbocycles. The summed E-state index contributed by atoms with van der Waals surface area (Å²) in [6.45, 7) is 7.47. The molecule has 0 aliphatic carbocycles. The van der Waals surface area contributed by atoms with Crippen LogP contribution in [0.1, 0.15) is 33.6 Å². The molecule has 0 aromatic heterocycles. The Labute approximate surface area is 91.0 Å². The smallest absolute Gasteiger partial charge is 0.246 e.